The predicted molar refractivity (Wildman–Crippen MR) is 33.4 cm³/mol. The smallest absolute Gasteiger partial charge is 0.229 e. The zero-order chi connectivity index (χ0) is 8.15. The third-order valence-corrected chi connectivity index (χ3v) is 1.07. The number of carbonyl (C=O) groups is 2. The molecule has 0 spiro atoms. The molecule has 0 unspecified atom stereocenters. The first-order valence-corrected chi connectivity index (χ1v) is 2.99. The standard InChI is InChI=1S/C6H10O4/c1-2-4(8)6(10)5(9)3-7/h5,7,9H,2-3H2,1H3/t5-/m0/s1. The third-order valence-electron chi connectivity index (χ3n) is 1.07. The van der Waals surface area contributed by atoms with Crippen LogP contribution in [-0.2, 0) is 9.59 Å². The molecule has 4 nitrogen and oxygen atoms in total. The molecule has 0 amide bonds. The van der Waals surface area contributed by atoms with Crippen molar-refractivity contribution in [2.75, 3.05) is 6.61 Å². The maximum Gasteiger partial charge on any atom is 0.229 e. The van der Waals surface area contributed by atoms with Crippen molar-refractivity contribution >= 4 is 11.6 Å². The molecule has 0 heterocycles. The topological polar surface area (TPSA) is 74.6 Å². The van der Waals surface area contributed by atoms with Gasteiger partial charge in [0, 0.05) is 6.42 Å². The second-order valence-electron chi connectivity index (χ2n) is 1.84. The van der Waals surface area contributed by atoms with Gasteiger partial charge in [0.05, 0.1) is 6.61 Å². The molecule has 0 aliphatic carbocycles. The van der Waals surface area contributed by atoms with Gasteiger partial charge in [-0.15, -0.1) is 0 Å². The van der Waals surface area contributed by atoms with Gasteiger partial charge in [-0.2, -0.15) is 0 Å². The van der Waals surface area contributed by atoms with Crippen molar-refractivity contribution in [2.24, 2.45) is 0 Å². The van der Waals surface area contributed by atoms with Crippen LogP contribution in [0.15, 0.2) is 0 Å². The van der Waals surface area contributed by atoms with Crippen LogP contribution in [-0.4, -0.2) is 34.5 Å². The quantitative estimate of drug-likeness (QED) is 0.493. The van der Waals surface area contributed by atoms with Crippen LogP contribution in [0.25, 0.3) is 0 Å². The van der Waals surface area contributed by atoms with E-state index in [1.54, 1.807) is 0 Å². The van der Waals surface area contributed by atoms with Gasteiger partial charge < -0.3 is 10.2 Å². The Morgan fingerprint density at radius 3 is 2.30 bits per heavy atom. The van der Waals surface area contributed by atoms with Crippen LogP contribution in [0.1, 0.15) is 13.3 Å². The minimum Gasteiger partial charge on any atom is -0.393 e. The van der Waals surface area contributed by atoms with E-state index in [1.807, 2.05) is 0 Å². The zero-order valence-electron chi connectivity index (χ0n) is 5.70. The summed E-state index contributed by atoms with van der Waals surface area (Å²) in [6.07, 6.45) is -1.47. The predicted octanol–water partition coefficient (Wildman–Crippen LogP) is -1.11. The summed E-state index contributed by atoms with van der Waals surface area (Å²) in [4.78, 5) is 21.0. The molecule has 1 atom stereocenters. The van der Waals surface area contributed by atoms with E-state index in [0.717, 1.165) is 0 Å². The van der Waals surface area contributed by atoms with E-state index in [2.05, 4.69) is 0 Å². The molecule has 0 radical (unpaired) electrons. The van der Waals surface area contributed by atoms with Crippen molar-refractivity contribution in [1.82, 2.24) is 0 Å². The maximum atomic E-state index is 10.5. The second kappa shape index (κ2) is 4.14. The average Bonchev–Trinajstić information content (AvgIpc) is 2.00. The number of hydrogen-bond acceptors (Lipinski definition) is 4. The number of rotatable bonds is 4. The Morgan fingerprint density at radius 1 is 1.50 bits per heavy atom. The molecule has 2 N–H and O–H groups in total. The van der Waals surface area contributed by atoms with Gasteiger partial charge in [0.1, 0.15) is 6.10 Å². The van der Waals surface area contributed by atoms with E-state index in [-0.39, 0.29) is 6.42 Å². The Hall–Kier alpha value is -0.740. The molecule has 0 fully saturated rings. The Morgan fingerprint density at radius 2 is 2.00 bits per heavy atom. The molecule has 0 aromatic carbocycles. The van der Waals surface area contributed by atoms with Crippen molar-refractivity contribution in [1.29, 1.82) is 0 Å². The van der Waals surface area contributed by atoms with Crippen molar-refractivity contribution < 1.29 is 19.8 Å². The number of aliphatic hydroxyl groups excluding tert-OH is 2. The largest absolute Gasteiger partial charge is 0.393 e. The Labute approximate surface area is 58.5 Å². The van der Waals surface area contributed by atoms with E-state index in [0.29, 0.717) is 0 Å². The van der Waals surface area contributed by atoms with Gasteiger partial charge in [-0.25, -0.2) is 0 Å². The molecule has 0 aliphatic heterocycles. The van der Waals surface area contributed by atoms with Gasteiger partial charge in [0.25, 0.3) is 0 Å². The van der Waals surface area contributed by atoms with E-state index in [9.17, 15) is 9.59 Å². The van der Waals surface area contributed by atoms with Crippen LogP contribution in [0.5, 0.6) is 0 Å². The summed E-state index contributed by atoms with van der Waals surface area (Å²) in [5.74, 6) is -1.56. The molecule has 0 rings (SSSR count). The van der Waals surface area contributed by atoms with Crippen molar-refractivity contribution in [2.45, 2.75) is 19.4 Å². The minimum absolute atomic E-state index is 0.0654. The fourth-order valence-electron chi connectivity index (χ4n) is 0.443. The zero-order valence-corrected chi connectivity index (χ0v) is 5.70. The van der Waals surface area contributed by atoms with Crippen molar-refractivity contribution in [3.8, 4) is 0 Å². The molecule has 58 valence electrons. The van der Waals surface area contributed by atoms with Gasteiger partial charge in [0.2, 0.25) is 11.6 Å². The SMILES string of the molecule is CCC(=O)C(=O)[C@@H](O)CO. The van der Waals surface area contributed by atoms with Crippen molar-refractivity contribution in [3.63, 3.8) is 0 Å². The summed E-state index contributed by atoms with van der Waals surface area (Å²) < 4.78 is 0. The summed E-state index contributed by atoms with van der Waals surface area (Å²) in [7, 11) is 0. The van der Waals surface area contributed by atoms with E-state index in [1.165, 1.54) is 6.92 Å². The van der Waals surface area contributed by atoms with Crippen LogP contribution in [0.3, 0.4) is 0 Å². The minimum atomic E-state index is -1.53. The number of ketones is 2. The van der Waals surface area contributed by atoms with Crippen molar-refractivity contribution in [3.05, 3.63) is 0 Å². The maximum absolute atomic E-state index is 10.5. The molecular formula is C6H10O4. The van der Waals surface area contributed by atoms with E-state index < -0.39 is 24.3 Å². The van der Waals surface area contributed by atoms with E-state index >= 15 is 0 Å². The van der Waals surface area contributed by atoms with Gasteiger partial charge in [-0.05, 0) is 0 Å². The van der Waals surface area contributed by atoms with Crippen LogP contribution in [0, 0.1) is 0 Å². The molecule has 0 saturated heterocycles. The Kier molecular flexibility index (Phi) is 3.83. The van der Waals surface area contributed by atoms with Crippen LogP contribution >= 0.6 is 0 Å². The third kappa shape index (κ3) is 2.24. The highest BCUT2D eigenvalue weighted by Crippen LogP contribution is 1.89. The molecule has 0 aromatic heterocycles. The van der Waals surface area contributed by atoms with Gasteiger partial charge in [-0.3, -0.25) is 9.59 Å². The highest BCUT2D eigenvalue weighted by atomic mass is 16.3. The fraction of sp³-hybridized carbons (Fsp3) is 0.667. The first-order valence-electron chi connectivity index (χ1n) is 2.99. The van der Waals surface area contributed by atoms with Gasteiger partial charge >= 0.3 is 0 Å². The lowest BCUT2D eigenvalue weighted by Gasteiger charge is -2.01. The number of carbonyl (C=O) groups excluding carboxylic acids is 2. The average molecular weight is 146 g/mol. The number of hydrogen-bond donors (Lipinski definition) is 2. The Balaban J connectivity index is 3.95. The molecule has 0 bridgehead atoms. The monoisotopic (exact) mass is 146 g/mol. The van der Waals surface area contributed by atoms with E-state index in [4.69, 9.17) is 10.2 Å². The summed E-state index contributed by atoms with van der Waals surface area (Å²) in [5.41, 5.74) is 0. The molecule has 0 aromatic rings. The van der Waals surface area contributed by atoms with Crippen LogP contribution in [0.4, 0.5) is 0 Å². The lowest BCUT2D eigenvalue weighted by atomic mass is 10.1. The highest BCUT2D eigenvalue weighted by molar-refractivity contribution is 6.38. The summed E-state index contributed by atoms with van der Waals surface area (Å²) in [6, 6.07) is 0. The summed E-state index contributed by atoms with van der Waals surface area (Å²) >= 11 is 0. The normalized spacial score (nSPS) is 12.7. The molecule has 4 heteroatoms. The van der Waals surface area contributed by atoms with Crippen LogP contribution < -0.4 is 0 Å². The Bertz CT molecular complexity index is 141. The van der Waals surface area contributed by atoms with Gasteiger partial charge in [0.15, 0.2) is 0 Å². The second-order valence-corrected chi connectivity index (χ2v) is 1.84. The first-order chi connectivity index (χ1) is 4.63. The molecule has 10 heavy (non-hydrogen) atoms. The fourth-order valence-corrected chi connectivity index (χ4v) is 0.443. The van der Waals surface area contributed by atoms with Gasteiger partial charge in [-0.1, -0.05) is 6.92 Å². The number of Topliss-reactive ketones (excluding diaryl/α,β-unsaturated/α-hetero) is 2. The number of aliphatic hydroxyl groups is 2. The summed E-state index contributed by atoms with van der Waals surface area (Å²) in [5, 5.41) is 16.8. The lowest BCUT2D eigenvalue weighted by Crippen LogP contribution is -2.30. The summed E-state index contributed by atoms with van der Waals surface area (Å²) in [6.45, 7) is 0.828. The molecule has 0 aliphatic rings. The first kappa shape index (κ1) is 9.26. The highest BCUT2D eigenvalue weighted by Gasteiger charge is 2.19. The molecule has 0 saturated carbocycles. The van der Waals surface area contributed by atoms with Crippen LogP contribution in [0.2, 0.25) is 0 Å². The lowest BCUT2D eigenvalue weighted by molar-refractivity contribution is -0.142. The molecular weight excluding hydrogens is 136 g/mol.